The number of rotatable bonds is 6. The van der Waals surface area contributed by atoms with Gasteiger partial charge in [-0.2, -0.15) is 18.2 Å². The lowest BCUT2D eigenvalue weighted by Crippen LogP contribution is -2.10. The third-order valence-electron chi connectivity index (χ3n) is 3.19. The lowest BCUT2D eigenvalue weighted by Gasteiger charge is -2.12. The molecule has 0 aliphatic rings. The molecule has 6 nitrogen and oxygen atoms in total. The number of aromatic nitrogens is 2. The second-order valence-electron chi connectivity index (χ2n) is 5.22. The Labute approximate surface area is 157 Å². The highest BCUT2D eigenvalue weighted by Gasteiger charge is 2.31. The molecule has 4 N–H and O–H groups in total. The van der Waals surface area contributed by atoms with Crippen molar-refractivity contribution in [2.75, 3.05) is 17.7 Å². The first-order valence-corrected chi connectivity index (χ1v) is 7.85. The highest BCUT2D eigenvalue weighted by molar-refractivity contribution is 6.32. The van der Waals surface area contributed by atoms with Gasteiger partial charge in [-0.1, -0.05) is 11.6 Å². The van der Waals surface area contributed by atoms with Crippen LogP contribution in [0.4, 0.5) is 29.3 Å². The summed E-state index contributed by atoms with van der Waals surface area (Å²) < 4.78 is 51.8. The Morgan fingerprint density at radius 2 is 2.07 bits per heavy atom. The number of aliphatic imine (C=N–C) groups is 1. The highest BCUT2D eigenvalue weighted by Crippen LogP contribution is 2.30. The van der Waals surface area contributed by atoms with Gasteiger partial charge < -0.3 is 16.4 Å². The van der Waals surface area contributed by atoms with E-state index in [1.54, 1.807) is 7.05 Å². The smallest absolute Gasteiger partial charge is 0.403 e. The standard InChI is InChI=1S/C16H15ClF4N6/c1-23-7-12(5-22)26-15-25-8-13(17)14(27-15)24-6-9-2-10(16(19,20)21)4-11(18)3-9/h2-5,7-8H,6,22H2,1H3,(H2,24,25,26,27)/b12-5+,23-7?. The van der Waals surface area contributed by atoms with E-state index in [0.29, 0.717) is 11.8 Å². The predicted molar refractivity (Wildman–Crippen MR) is 96.1 cm³/mol. The Kier molecular flexibility index (Phi) is 6.56. The summed E-state index contributed by atoms with van der Waals surface area (Å²) >= 11 is 5.99. The van der Waals surface area contributed by atoms with Gasteiger partial charge in [-0.25, -0.2) is 9.37 Å². The molecule has 0 amide bonds. The van der Waals surface area contributed by atoms with E-state index in [1.165, 1.54) is 18.6 Å². The van der Waals surface area contributed by atoms with E-state index in [4.69, 9.17) is 17.3 Å². The van der Waals surface area contributed by atoms with Crippen LogP contribution in [0.15, 0.2) is 41.3 Å². The molecule has 0 aliphatic heterocycles. The van der Waals surface area contributed by atoms with Crippen molar-refractivity contribution < 1.29 is 17.6 Å². The van der Waals surface area contributed by atoms with Gasteiger partial charge >= 0.3 is 6.18 Å². The van der Waals surface area contributed by atoms with Crippen molar-refractivity contribution in [3.63, 3.8) is 0 Å². The molecule has 0 unspecified atom stereocenters. The van der Waals surface area contributed by atoms with Gasteiger partial charge in [-0.15, -0.1) is 0 Å². The Balaban J connectivity index is 2.18. The van der Waals surface area contributed by atoms with Crippen molar-refractivity contribution in [1.29, 1.82) is 0 Å². The van der Waals surface area contributed by atoms with Crippen molar-refractivity contribution in [3.05, 3.63) is 58.3 Å². The van der Waals surface area contributed by atoms with Gasteiger partial charge in [0, 0.05) is 26.0 Å². The van der Waals surface area contributed by atoms with E-state index in [1.807, 2.05) is 0 Å². The van der Waals surface area contributed by atoms with Crippen LogP contribution < -0.4 is 16.4 Å². The van der Waals surface area contributed by atoms with Crippen molar-refractivity contribution in [3.8, 4) is 0 Å². The van der Waals surface area contributed by atoms with Crippen molar-refractivity contribution >= 4 is 29.6 Å². The lowest BCUT2D eigenvalue weighted by molar-refractivity contribution is -0.137. The van der Waals surface area contributed by atoms with Crippen molar-refractivity contribution in [2.45, 2.75) is 12.7 Å². The minimum atomic E-state index is -4.65. The van der Waals surface area contributed by atoms with Crippen LogP contribution in [-0.4, -0.2) is 23.2 Å². The molecule has 144 valence electrons. The number of alkyl halides is 3. The zero-order valence-electron chi connectivity index (χ0n) is 14.0. The number of allylic oxidation sites excluding steroid dienone is 1. The lowest BCUT2D eigenvalue weighted by atomic mass is 10.1. The maximum atomic E-state index is 13.5. The number of hydrogen-bond donors (Lipinski definition) is 3. The van der Waals surface area contributed by atoms with Gasteiger partial charge in [0.15, 0.2) is 5.82 Å². The van der Waals surface area contributed by atoms with E-state index in [0.717, 1.165) is 12.1 Å². The van der Waals surface area contributed by atoms with Gasteiger partial charge in [0.05, 0.1) is 17.5 Å². The molecule has 1 aromatic carbocycles. The highest BCUT2D eigenvalue weighted by atomic mass is 35.5. The molecule has 27 heavy (non-hydrogen) atoms. The summed E-state index contributed by atoms with van der Waals surface area (Å²) in [6, 6.07) is 2.26. The molecule has 2 aromatic rings. The van der Waals surface area contributed by atoms with Gasteiger partial charge in [-0.3, -0.25) is 4.99 Å². The van der Waals surface area contributed by atoms with Crippen LogP contribution in [0.1, 0.15) is 11.1 Å². The quantitative estimate of drug-likeness (QED) is 0.505. The van der Waals surface area contributed by atoms with Gasteiger partial charge in [0.1, 0.15) is 10.8 Å². The Hall–Kier alpha value is -2.88. The average Bonchev–Trinajstić information content (AvgIpc) is 2.60. The van der Waals surface area contributed by atoms with Gasteiger partial charge in [-0.05, 0) is 23.8 Å². The zero-order chi connectivity index (χ0) is 20.0. The Bertz CT molecular complexity index is 866. The Morgan fingerprint density at radius 1 is 1.33 bits per heavy atom. The normalized spacial score (nSPS) is 12.4. The van der Waals surface area contributed by atoms with Crippen molar-refractivity contribution in [2.24, 2.45) is 10.7 Å². The van der Waals surface area contributed by atoms with Crippen LogP contribution in [0.25, 0.3) is 0 Å². The molecule has 0 fully saturated rings. The van der Waals surface area contributed by atoms with Crippen LogP contribution in [0.5, 0.6) is 0 Å². The van der Waals surface area contributed by atoms with E-state index < -0.39 is 17.6 Å². The first-order valence-electron chi connectivity index (χ1n) is 7.47. The fraction of sp³-hybridized carbons (Fsp3) is 0.188. The zero-order valence-corrected chi connectivity index (χ0v) is 14.7. The molecule has 0 radical (unpaired) electrons. The number of nitrogens with zero attached hydrogens (tertiary/aromatic N) is 3. The summed E-state index contributed by atoms with van der Waals surface area (Å²) in [7, 11) is 1.55. The van der Waals surface area contributed by atoms with Crippen LogP contribution in [0, 0.1) is 5.82 Å². The fourth-order valence-electron chi connectivity index (χ4n) is 2.04. The molecule has 0 saturated carbocycles. The number of halogens is 5. The number of anilines is 2. The van der Waals surface area contributed by atoms with E-state index in [-0.39, 0.29) is 28.9 Å². The van der Waals surface area contributed by atoms with Crippen molar-refractivity contribution in [1.82, 2.24) is 9.97 Å². The number of benzene rings is 1. The molecule has 0 aliphatic carbocycles. The first-order chi connectivity index (χ1) is 12.7. The molecule has 0 bridgehead atoms. The average molecular weight is 403 g/mol. The SMILES string of the molecule is CN=C/C(=C\N)Nc1ncc(Cl)c(NCc2cc(F)cc(C(F)(F)F)c2)n1. The summed E-state index contributed by atoms with van der Waals surface area (Å²) in [6.07, 6.45) is -0.657. The second-order valence-corrected chi connectivity index (χ2v) is 5.63. The molecule has 1 aromatic heterocycles. The topological polar surface area (TPSA) is 88.2 Å². The number of nitrogens with one attached hydrogen (secondary N) is 2. The molecule has 0 saturated heterocycles. The second kappa shape index (κ2) is 8.67. The maximum Gasteiger partial charge on any atom is 0.416 e. The predicted octanol–water partition coefficient (Wildman–Crippen LogP) is 3.81. The molecule has 11 heteroatoms. The summed E-state index contributed by atoms with van der Waals surface area (Å²) in [5.74, 6) is -0.708. The van der Waals surface area contributed by atoms with Crippen LogP contribution >= 0.6 is 11.6 Å². The molecule has 0 atom stereocenters. The van der Waals surface area contributed by atoms with E-state index in [2.05, 4.69) is 25.6 Å². The van der Waals surface area contributed by atoms with E-state index in [9.17, 15) is 17.6 Å². The number of hydrogen-bond acceptors (Lipinski definition) is 6. The summed E-state index contributed by atoms with van der Waals surface area (Å²) in [6.45, 7) is -0.132. The largest absolute Gasteiger partial charge is 0.416 e. The molecular formula is C16H15ClF4N6. The van der Waals surface area contributed by atoms with Crippen LogP contribution in [0.2, 0.25) is 5.02 Å². The third-order valence-corrected chi connectivity index (χ3v) is 3.47. The number of nitrogens with two attached hydrogens (primary N) is 1. The first kappa shape index (κ1) is 20.4. The molecule has 1 heterocycles. The third kappa shape index (κ3) is 5.81. The summed E-state index contributed by atoms with van der Waals surface area (Å²) in [5, 5.41) is 5.68. The summed E-state index contributed by atoms with van der Waals surface area (Å²) in [4.78, 5) is 11.9. The van der Waals surface area contributed by atoms with E-state index >= 15 is 0 Å². The Morgan fingerprint density at radius 3 is 2.70 bits per heavy atom. The minimum Gasteiger partial charge on any atom is -0.403 e. The van der Waals surface area contributed by atoms with Crippen LogP contribution in [-0.2, 0) is 12.7 Å². The minimum absolute atomic E-state index is 0.0761. The molecule has 2 rings (SSSR count). The maximum absolute atomic E-state index is 13.5. The molecular weight excluding hydrogens is 388 g/mol. The summed E-state index contributed by atoms with van der Waals surface area (Å²) in [5.41, 5.74) is 4.85. The molecule has 0 spiro atoms. The van der Waals surface area contributed by atoms with Crippen LogP contribution in [0.3, 0.4) is 0 Å². The monoisotopic (exact) mass is 402 g/mol. The fourth-order valence-corrected chi connectivity index (χ4v) is 2.20. The van der Waals surface area contributed by atoms with Gasteiger partial charge in [0.25, 0.3) is 0 Å². The van der Waals surface area contributed by atoms with Gasteiger partial charge in [0.2, 0.25) is 5.95 Å².